The van der Waals surface area contributed by atoms with Gasteiger partial charge in [-0.25, -0.2) is 4.39 Å². The van der Waals surface area contributed by atoms with Crippen LogP contribution in [0.2, 0.25) is 0 Å². The van der Waals surface area contributed by atoms with Crippen LogP contribution >= 0.6 is 0 Å². The Morgan fingerprint density at radius 3 is 2.90 bits per heavy atom. The van der Waals surface area contributed by atoms with Crippen LogP contribution < -0.4 is 4.74 Å². The molecule has 0 saturated carbocycles. The second-order valence-corrected chi connectivity index (χ2v) is 5.03. The van der Waals surface area contributed by atoms with Gasteiger partial charge in [0.05, 0.1) is 19.8 Å². The summed E-state index contributed by atoms with van der Waals surface area (Å²) in [4.78, 5) is 14.1. The highest BCUT2D eigenvalue weighted by atomic mass is 19.1. The number of likely N-dealkylation sites (tertiary alicyclic amines) is 1. The van der Waals surface area contributed by atoms with Crippen LogP contribution in [0.3, 0.4) is 0 Å². The molecule has 0 bridgehead atoms. The van der Waals surface area contributed by atoms with Crippen molar-refractivity contribution in [3.05, 3.63) is 29.6 Å². The summed E-state index contributed by atoms with van der Waals surface area (Å²) in [6.45, 7) is 0.558. The lowest BCUT2D eigenvalue weighted by Gasteiger charge is -2.28. The van der Waals surface area contributed by atoms with Crippen molar-refractivity contribution in [2.75, 3.05) is 20.3 Å². The van der Waals surface area contributed by atoms with Crippen molar-refractivity contribution in [1.29, 1.82) is 0 Å². The van der Waals surface area contributed by atoms with Gasteiger partial charge in [-0.1, -0.05) is 12.8 Å². The van der Waals surface area contributed by atoms with Crippen molar-refractivity contribution >= 4 is 5.91 Å². The fraction of sp³-hybridized carbons (Fsp3) is 0.533. The van der Waals surface area contributed by atoms with Crippen molar-refractivity contribution in [2.24, 2.45) is 0 Å². The van der Waals surface area contributed by atoms with Crippen LogP contribution in [0.1, 0.15) is 36.0 Å². The molecule has 1 amide bonds. The fourth-order valence-electron chi connectivity index (χ4n) is 2.60. The number of ether oxygens (including phenoxy) is 1. The number of aliphatic hydroxyl groups excluding tert-OH is 1. The number of rotatable bonds is 3. The second-order valence-electron chi connectivity index (χ2n) is 5.03. The van der Waals surface area contributed by atoms with Crippen molar-refractivity contribution < 1.29 is 19.0 Å². The minimum Gasteiger partial charge on any atom is -0.494 e. The molecule has 2 rings (SSSR count). The largest absolute Gasteiger partial charge is 0.494 e. The van der Waals surface area contributed by atoms with Gasteiger partial charge in [-0.2, -0.15) is 0 Å². The molecule has 1 atom stereocenters. The molecule has 1 saturated heterocycles. The van der Waals surface area contributed by atoms with Gasteiger partial charge in [0.15, 0.2) is 11.6 Å². The van der Waals surface area contributed by atoms with Gasteiger partial charge in [-0.15, -0.1) is 0 Å². The summed E-state index contributed by atoms with van der Waals surface area (Å²) < 4.78 is 18.5. The number of halogens is 1. The molecule has 1 aromatic rings. The van der Waals surface area contributed by atoms with E-state index >= 15 is 0 Å². The fourth-order valence-corrected chi connectivity index (χ4v) is 2.60. The third-order valence-electron chi connectivity index (χ3n) is 3.75. The number of hydrogen-bond donors (Lipinski definition) is 1. The van der Waals surface area contributed by atoms with E-state index in [0.29, 0.717) is 12.1 Å². The topological polar surface area (TPSA) is 49.8 Å². The summed E-state index contributed by atoms with van der Waals surface area (Å²) in [5.74, 6) is -0.655. The molecule has 1 fully saturated rings. The molecule has 5 heteroatoms. The van der Waals surface area contributed by atoms with Gasteiger partial charge in [-0.05, 0) is 31.0 Å². The number of aliphatic hydroxyl groups is 1. The number of benzene rings is 1. The van der Waals surface area contributed by atoms with E-state index in [1.807, 2.05) is 0 Å². The maximum absolute atomic E-state index is 13.7. The Balaban J connectivity index is 2.22. The van der Waals surface area contributed by atoms with Gasteiger partial charge in [-0.3, -0.25) is 4.79 Å². The van der Waals surface area contributed by atoms with E-state index in [1.54, 1.807) is 11.0 Å². The predicted molar refractivity (Wildman–Crippen MR) is 73.3 cm³/mol. The highest BCUT2D eigenvalue weighted by Crippen LogP contribution is 2.22. The number of methoxy groups -OCH3 is 1. The van der Waals surface area contributed by atoms with Crippen LogP contribution in [0.4, 0.5) is 4.39 Å². The summed E-state index contributed by atoms with van der Waals surface area (Å²) in [7, 11) is 1.39. The lowest BCUT2D eigenvalue weighted by atomic mass is 10.1. The van der Waals surface area contributed by atoms with Crippen LogP contribution in [0.15, 0.2) is 18.2 Å². The molecule has 1 aliphatic rings. The van der Waals surface area contributed by atoms with E-state index in [0.717, 1.165) is 25.7 Å². The monoisotopic (exact) mass is 281 g/mol. The number of hydrogen-bond acceptors (Lipinski definition) is 3. The minimum atomic E-state index is -0.547. The number of carbonyl (C=O) groups is 1. The quantitative estimate of drug-likeness (QED) is 0.924. The Morgan fingerprint density at radius 2 is 2.25 bits per heavy atom. The van der Waals surface area contributed by atoms with Crippen molar-refractivity contribution in [3.63, 3.8) is 0 Å². The third-order valence-corrected chi connectivity index (χ3v) is 3.75. The molecule has 0 radical (unpaired) electrons. The Bertz CT molecular complexity index is 478. The molecular weight excluding hydrogens is 261 g/mol. The molecule has 1 aromatic carbocycles. The van der Waals surface area contributed by atoms with Crippen molar-refractivity contribution in [2.45, 2.75) is 31.7 Å². The van der Waals surface area contributed by atoms with E-state index < -0.39 is 5.82 Å². The first-order chi connectivity index (χ1) is 9.67. The molecule has 0 aliphatic carbocycles. The summed E-state index contributed by atoms with van der Waals surface area (Å²) in [6.07, 6.45) is 3.77. The van der Waals surface area contributed by atoms with Crippen LogP contribution in [0.25, 0.3) is 0 Å². The van der Waals surface area contributed by atoms with Crippen LogP contribution in [-0.2, 0) is 0 Å². The molecule has 1 aliphatic heterocycles. The molecule has 1 N–H and O–H groups in total. The molecule has 4 nitrogen and oxygen atoms in total. The van der Waals surface area contributed by atoms with E-state index in [2.05, 4.69) is 0 Å². The summed E-state index contributed by atoms with van der Waals surface area (Å²) in [6, 6.07) is 4.04. The molecule has 20 heavy (non-hydrogen) atoms. The van der Waals surface area contributed by atoms with E-state index in [1.165, 1.54) is 19.2 Å². The summed E-state index contributed by atoms with van der Waals surface area (Å²) >= 11 is 0. The second kappa shape index (κ2) is 6.70. The number of amides is 1. The third kappa shape index (κ3) is 3.10. The number of carbonyl (C=O) groups excluding carboxylic acids is 1. The minimum absolute atomic E-state index is 0.0512. The van der Waals surface area contributed by atoms with Gasteiger partial charge >= 0.3 is 0 Å². The highest BCUT2D eigenvalue weighted by molar-refractivity contribution is 5.94. The summed E-state index contributed by atoms with van der Waals surface area (Å²) in [5.41, 5.74) is 0.295. The van der Waals surface area contributed by atoms with E-state index in [4.69, 9.17) is 4.74 Å². The Hall–Kier alpha value is -1.62. The van der Waals surface area contributed by atoms with Crippen LogP contribution in [0.5, 0.6) is 5.75 Å². The van der Waals surface area contributed by atoms with Gasteiger partial charge in [0.2, 0.25) is 0 Å². The smallest absolute Gasteiger partial charge is 0.254 e. The zero-order valence-corrected chi connectivity index (χ0v) is 11.6. The SMILES string of the molecule is COc1ccc(C(=O)N2CCCCCC2CO)cc1F. The Kier molecular flexibility index (Phi) is 4.95. The molecule has 0 aromatic heterocycles. The highest BCUT2D eigenvalue weighted by Gasteiger charge is 2.26. The first kappa shape index (κ1) is 14.8. The molecule has 1 heterocycles. The van der Waals surface area contributed by atoms with E-state index in [-0.39, 0.29) is 24.3 Å². The zero-order valence-electron chi connectivity index (χ0n) is 11.6. The summed E-state index contributed by atoms with van der Waals surface area (Å²) in [5, 5.41) is 9.43. The van der Waals surface area contributed by atoms with E-state index in [9.17, 15) is 14.3 Å². The lowest BCUT2D eigenvalue weighted by molar-refractivity contribution is 0.0599. The van der Waals surface area contributed by atoms with Crippen molar-refractivity contribution in [3.8, 4) is 5.75 Å². The molecule has 1 unspecified atom stereocenters. The first-order valence-corrected chi connectivity index (χ1v) is 6.92. The Morgan fingerprint density at radius 1 is 1.45 bits per heavy atom. The maximum atomic E-state index is 13.7. The predicted octanol–water partition coefficient (Wildman–Crippen LogP) is 2.21. The lowest BCUT2D eigenvalue weighted by Crippen LogP contribution is -2.42. The van der Waals surface area contributed by atoms with Gasteiger partial charge in [0.25, 0.3) is 5.91 Å². The van der Waals surface area contributed by atoms with Crippen molar-refractivity contribution in [1.82, 2.24) is 4.90 Å². The first-order valence-electron chi connectivity index (χ1n) is 6.92. The van der Waals surface area contributed by atoms with Crippen LogP contribution in [0, 0.1) is 5.82 Å². The van der Waals surface area contributed by atoms with Gasteiger partial charge in [0, 0.05) is 12.1 Å². The van der Waals surface area contributed by atoms with Gasteiger partial charge < -0.3 is 14.7 Å². The maximum Gasteiger partial charge on any atom is 0.254 e. The number of nitrogens with zero attached hydrogens (tertiary/aromatic N) is 1. The zero-order chi connectivity index (χ0) is 14.5. The molecule has 0 spiro atoms. The standard InChI is InChI=1S/C15H20FNO3/c1-20-14-7-6-11(9-13(14)16)15(19)17-8-4-2-3-5-12(17)10-18/h6-7,9,12,18H,2-5,8,10H2,1H3. The average Bonchev–Trinajstić information content (AvgIpc) is 2.71. The van der Waals surface area contributed by atoms with Crippen LogP contribution in [-0.4, -0.2) is 42.2 Å². The molecular formula is C15H20FNO3. The van der Waals surface area contributed by atoms with Gasteiger partial charge in [0.1, 0.15) is 0 Å². The average molecular weight is 281 g/mol. The normalized spacial score (nSPS) is 19.6. The molecule has 110 valence electrons. The Labute approximate surface area is 118 Å².